The number of Topliss-reactive ketones (excluding diaryl/α,β-unsaturated/α-hetero) is 4. The number of hydrogen-bond acceptors (Lipinski definition) is 16. The first-order valence-electron chi connectivity index (χ1n) is 14.4. The molecule has 254 valence electrons. The summed E-state index contributed by atoms with van der Waals surface area (Å²) in [6.45, 7) is 3.06. The van der Waals surface area contributed by atoms with Crippen LogP contribution in [0, 0.1) is 0 Å². The Labute approximate surface area is 260 Å². The van der Waals surface area contributed by atoms with Crippen LogP contribution in [0.3, 0.4) is 0 Å². The summed E-state index contributed by atoms with van der Waals surface area (Å²) in [6.07, 6.45) is -11.8. The van der Waals surface area contributed by atoms with Crippen molar-refractivity contribution >= 4 is 47.0 Å². The van der Waals surface area contributed by atoms with E-state index in [-0.39, 0.29) is 55.2 Å². The molecule has 0 aromatic heterocycles. The zero-order valence-electron chi connectivity index (χ0n) is 25.9. The summed E-state index contributed by atoms with van der Waals surface area (Å²) < 4.78 is 33.2. The van der Waals surface area contributed by atoms with Gasteiger partial charge in [0.15, 0.2) is 24.6 Å². The van der Waals surface area contributed by atoms with Crippen molar-refractivity contribution in [2.75, 3.05) is 19.8 Å². The monoisotopic (exact) mass is 646 g/mol. The van der Waals surface area contributed by atoms with E-state index in [1.165, 1.54) is 27.7 Å². The molecule has 0 radical (unpaired) electrons. The highest BCUT2D eigenvalue weighted by molar-refractivity contribution is 5.83. The third-order valence-corrected chi connectivity index (χ3v) is 6.19. The van der Waals surface area contributed by atoms with Gasteiger partial charge in [-0.1, -0.05) is 0 Å². The number of aliphatic hydroxyl groups is 2. The van der Waals surface area contributed by atoms with Crippen LogP contribution in [0.15, 0.2) is 0 Å². The second kappa shape index (κ2) is 20.4. The lowest BCUT2D eigenvalue weighted by molar-refractivity contribution is -0.312. The topological polar surface area (TPSA) is 232 Å². The van der Waals surface area contributed by atoms with Crippen molar-refractivity contribution in [1.29, 1.82) is 0 Å². The maximum absolute atomic E-state index is 12.8. The van der Waals surface area contributed by atoms with E-state index in [1.807, 2.05) is 0 Å². The van der Waals surface area contributed by atoms with Crippen molar-refractivity contribution in [1.82, 2.24) is 0 Å². The van der Waals surface area contributed by atoms with Crippen molar-refractivity contribution in [3.8, 4) is 0 Å². The Morgan fingerprint density at radius 2 is 1.00 bits per heavy atom. The number of ketones is 4. The summed E-state index contributed by atoms with van der Waals surface area (Å²) >= 11 is 0. The molecule has 1 fully saturated rings. The fourth-order valence-electron chi connectivity index (χ4n) is 3.80. The number of carbonyl (C=O) groups excluding carboxylic acids is 8. The van der Waals surface area contributed by atoms with Gasteiger partial charge in [-0.2, -0.15) is 0 Å². The van der Waals surface area contributed by atoms with Gasteiger partial charge in [0.25, 0.3) is 0 Å². The van der Waals surface area contributed by atoms with Crippen LogP contribution in [0.4, 0.5) is 0 Å². The van der Waals surface area contributed by atoms with Gasteiger partial charge in [0.05, 0.1) is 38.9 Å². The second-order valence-electron chi connectivity index (χ2n) is 10.6. The first-order valence-corrected chi connectivity index (χ1v) is 14.4. The van der Waals surface area contributed by atoms with Crippen LogP contribution in [0.25, 0.3) is 0 Å². The highest BCUT2D eigenvalue weighted by Crippen LogP contribution is 2.31. The van der Waals surface area contributed by atoms with Gasteiger partial charge in [-0.05, 0) is 27.7 Å². The molecule has 0 amide bonds. The highest BCUT2D eigenvalue weighted by Gasteiger charge is 2.53. The molecule has 0 aromatic rings. The van der Waals surface area contributed by atoms with Gasteiger partial charge in [-0.3, -0.25) is 19.2 Å². The molecule has 1 heterocycles. The smallest absolute Gasteiger partial charge is 0.306 e. The largest absolute Gasteiger partial charge is 0.463 e. The van der Waals surface area contributed by atoms with Gasteiger partial charge in [0.2, 0.25) is 0 Å². The Balaban J connectivity index is 3.53. The minimum Gasteiger partial charge on any atom is -0.463 e. The molecule has 6 atom stereocenters. The summed E-state index contributed by atoms with van der Waals surface area (Å²) in [4.78, 5) is 96.3. The normalized spacial score (nSPS) is 21.6. The summed E-state index contributed by atoms with van der Waals surface area (Å²) in [5.74, 6) is -4.99. The fraction of sp³-hybridized carbons (Fsp3) is 0.724. The van der Waals surface area contributed by atoms with E-state index in [2.05, 4.69) is 0 Å². The van der Waals surface area contributed by atoms with Gasteiger partial charge >= 0.3 is 23.9 Å². The van der Waals surface area contributed by atoms with E-state index in [0.29, 0.717) is 0 Å². The SMILES string of the molecule is CC(=O)CCC(=O)OC[C@H]1O[C@H](OC[C@H](O)CO)[C@H](OC(=O)CCC(C)=O)[C@@H](OC(=O)CCC(C)=O)[C@H]1OC(=O)CCC(C)=O. The number of hydrogen-bond donors (Lipinski definition) is 2. The Bertz CT molecular complexity index is 1070. The molecule has 1 rings (SSSR count). The minimum absolute atomic E-state index is 0.118. The Morgan fingerprint density at radius 3 is 1.42 bits per heavy atom. The van der Waals surface area contributed by atoms with Crippen LogP contribution < -0.4 is 0 Å². The highest BCUT2D eigenvalue weighted by atomic mass is 16.7. The van der Waals surface area contributed by atoms with E-state index in [9.17, 15) is 48.6 Å². The average Bonchev–Trinajstić information content (AvgIpc) is 2.96. The Hall–Kier alpha value is -3.60. The first-order chi connectivity index (χ1) is 21.1. The lowest BCUT2D eigenvalue weighted by Gasteiger charge is -2.44. The molecule has 0 spiro atoms. The van der Waals surface area contributed by atoms with Crippen molar-refractivity contribution in [2.45, 2.75) is 116 Å². The molecule has 45 heavy (non-hydrogen) atoms. The molecule has 0 aliphatic carbocycles. The van der Waals surface area contributed by atoms with Crippen LogP contribution in [0.5, 0.6) is 0 Å². The van der Waals surface area contributed by atoms with Gasteiger partial charge < -0.3 is 57.8 Å². The van der Waals surface area contributed by atoms with Crippen molar-refractivity contribution in [3.05, 3.63) is 0 Å². The summed E-state index contributed by atoms with van der Waals surface area (Å²) in [5.41, 5.74) is 0. The number of aliphatic hydroxyl groups excluding tert-OH is 2. The third kappa shape index (κ3) is 16.3. The fourth-order valence-corrected chi connectivity index (χ4v) is 3.80. The summed E-state index contributed by atoms with van der Waals surface area (Å²) in [5, 5.41) is 19.1. The van der Waals surface area contributed by atoms with E-state index in [4.69, 9.17) is 28.4 Å². The van der Waals surface area contributed by atoms with Crippen molar-refractivity contribution in [2.24, 2.45) is 0 Å². The van der Waals surface area contributed by atoms with Crippen LogP contribution in [0.1, 0.15) is 79.1 Å². The molecule has 1 saturated heterocycles. The summed E-state index contributed by atoms with van der Waals surface area (Å²) in [6, 6.07) is 0. The molecule has 0 saturated carbocycles. The van der Waals surface area contributed by atoms with Crippen molar-refractivity contribution in [3.63, 3.8) is 0 Å². The van der Waals surface area contributed by atoms with E-state index in [0.717, 1.165) is 0 Å². The van der Waals surface area contributed by atoms with Crippen LogP contribution in [-0.2, 0) is 66.8 Å². The Kier molecular flexibility index (Phi) is 17.9. The van der Waals surface area contributed by atoms with Crippen LogP contribution in [-0.4, -0.2) is 114 Å². The number of ether oxygens (including phenoxy) is 6. The lowest BCUT2D eigenvalue weighted by atomic mass is 9.97. The third-order valence-electron chi connectivity index (χ3n) is 6.19. The quantitative estimate of drug-likeness (QED) is 0.122. The zero-order valence-corrected chi connectivity index (χ0v) is 25.9. The van der Waals surface area contributed by atoms with E-state index >= 15 is 0 Å². The standard InChI is InChI=1S/C29H42O16/c1-16(31)5-9-22(36)40-15-21-26(43-23(37)10-6-17(2)32)27(44-24(38)11-7-18(3)33)28(45-25(39)12-8-19(4)34)29(42-21)41-14-20(35)13-30/h20-21,26-30,35H,5-15H2,1-4H3/t20-,21-,26+,27+,28-,29+/m1/s1. The molecule has 16 heteroatoms. The molecule has 0 unspecified atom stereocenters. The maximum atomic E-state index is 12.8. The second-order valence-corrected chi connectivity index (χ2v) is 10.6. The predicted molar refractivity (Wildman–Crippen MR) is 148 cm³/mol. The molecule has 1 aliphatic rings. The molecule has 1 aliphatic heterocycles. The number of esters is 4. The van der Waals surface area contributed by atoms with Gasteiger partial charge in [-0.15, -0.1) is 0 Å². The first kappa shape index (κ1) is 39.4. The average molecular weight is 647 g/mol. The van der Waals surface area contributed by atoms with E-state index < -0.39 is 99.8 Å². The number of rotatable bonds is 21. The van der Waals surface area contributed by atoms with Gasteiger partial charge in [0.1, 0.15) is 41.9 Å². The van der Waals surface area contributed by atoms with Crippen molar-refractivity contribution < 1.29 is 77.0 Å². The molecule has 0 bridgehead atoms. The summed E-state index contributed by atoms with van der Waals surface area (Å²) in [7, 11) is 0. The lowest BCUT2D eigenvalue weighted by Crippen LogP contribution is -2.63. The minimum atomic E-state index is -1.71. The van der Waals surface area contributed by atoms with Crippen LogP contribution >= 0.6 is 0 Å². The Morgan fingerprint density at radius 1 is 0.600 bits per heavy atom. The molecule has 0 aromatic carbocycles. The molecular formula is C29H42O16. The van der Waals surface area contributed by atoms with Crippen LogP contribution in [0.2, 0.25) is 0 Å². The molecule has 2 N–H and O–H groups in total. The molecular weight excluding hydrogens is 604 g/mol. The predicted octanol–water partition coefficient (Wildman–Crippen LogP) is -0.163. The molecule has 16 nitrogen and oxygen atoms in total. The maximum Gasteiger partial charge on any atom is 0.306 e. The van der Waals surface area contributed by atoms with E-state index in [1.54, 1.807) is 0 Å². The van der Waals surface area contributed by atoms with Gasteiger partial charge in [-0.25, -0.2) is 0 Å². The van der Waals surface area contributed by atoms with Gasteiger partial charge in [0, 0.05) is 25.7 Å². The number of carbonyl (C=O) groups is 8. The zero-order chi connectivity index (χ0) is 34.1.